The molecule has 3 rings (SSSR count). The predicted molar refractivity (Wildman–Crippen MR) is 75.9 cm³/mol. The molecule has 1 heterocycles. The summed E-state index contributed by atoms with van der Waals surface area (Å²) in [7, 11) is 0. The van der Waals surface area contributed by atoms with Crippen molar-refractivity contribution in [1.29, 1.82) is 0 Å². The number of aryl methyl sites for hydroxylation is 1. The van der Waals surface area contributed by atoms with Gasteiger partial charge in [-0.25, -0.2) is 9.78 Å². The number of rotatable bonds is 4. The second-order valence-corrected chi connectivity index (χ2v) is 5.64. The third-order valence-corrected chi connectivity index (χ3v) is 4.17. The molecule has 1 aromatic heterocycles. The summed E-state index contributed by atoms with van der Waals surface area (Å²) in [4.78, 5) is 15.4. The third kappa shape index (κ3) is 2.84. The summed E-state index contributed by atoms with van der Waals surface area (Å²) in [6.07, 6.45) is 8.69. The van der Waals surface area contributed by atoms with Crippen molar-refractivity contribution in [3.05, 3.63) is 29.7 Å². The highest BCUT2D eigenvalue weighted by atomic mass is 16.4. The highest BCUT2D eigenvalue weighted by molar-refractivity contribution is 5.91. The van der Waals surface area contributed by atoms with E-state index in [1.165, 1.54) is 32.1 Å². The molecule has 0 amide bonds. The number of oxazole rings is 1. The van der Waals surface area contributed by atoms with Gasteiger partial charge in [-0.1, -0.05) is 32.1 Å². The highest BCUT2D eigenvalue weighted by Crippen LogP contribution is 2.28. The third-order valence-electron chi connectivity index (χ3n) is 4.17. The maximum Gasteiger partial charge on any atom is 0.335 e. The number of hydrogen-bond acceptors (Lipinski definition) is 3. The van der Waals surface area contributed by atoms with E-state index in [4.69, 9.17) is 9.52 Å². The number of nitrogens with zero attached hydrogens (tertiary/aromatic N) is 1. The van der Waals surface area contributed by atoms with Crippen LogP contribution in [0.1, 0.15) is 54.8 Å². The number of carbonyl (C=O) groups is 1. The van der Waals surface area contributed by atoms with Gasteiger partial charge < -0.3 is 9.52 Å². The van der Waals surface area contributed by atoms with E-state index in [-0.39, 0.29) is 5.56 Å². The van der Waals surface area contributed by atoms with Gasteiger partial charge in [0.2, 0.25) is 0 Å². The van der Waals surface area contributed by atoms with Crippen LogP contribution in [0.5, 0.6) is 0 Å². The van der Waals surface area contributed by atoms with Crippen LogP contribution in [0.4, 0.5) is 0 Å². The molecule has 106 valence electrons. The SMILES string of the molecule is O=C(O)c1ccc2nc(CCC3CCCCC3)oc2c1. The summed E-state index contributed by atoms with van der Waals surface area (Å²) in [6, 6.07) is 4.83. The normalized spacial score (nSPS) is 16.6. The van der Waals surface area contributed by atoms with Gasteiger partial charge in [-0.3, -0.25) is 0 Å². The van der Waals surface area contributed by atoms with Crippen molar-refractivity contribution in [2.45, 2.75) is 44.9 Å². The lowest BCUT2D eigenvalue weighted by Crippen LogP contribution is -2.07. The van der Waals surface area contributed by atoms with Gasteiger partial charge in [-0.05, 0) is 30.5 Å². The predicted octanol–water partition coefficient (Wildman–Crippen LogP) is 4.04. The Bertz CT molecular complexity index is 611. The molecule has 0 bridgehead atoms. The first-order valence-electron chi connectivity index (χ1n) is 7.35. The van der Waals surface area contributed by atoms with Gasteiger partial charge >= 0.3 is 5.97 Å². The van der Waals surface area contributed by atoms with Gasteiger partial charge in [-0.2, -0.15) is 0 Å². The topological polar surface area (TPSA) is 63.3 Å². The second kappa shape index (κ2) is 5.65. The zero-order valence-corrected chi connectivity index (χ0v) is 11.5. The van der Waals surface area contributed by atoms with Crippen LogP contribution in [0, 0.1) is 5.92 Å². The van der Waals surface area contributed by atoms with E-state index < -0.39 is 5.97 Å². The summed E-state index contributed by atoms with van der Waals surface area (Å²) in [5.41, 5.74) is 1.56. The van der Waals surface area contributed by atoms with Crippen LogP contribution in [0.3, 0.4) is 0 Å². The van der Waals surface area contributed by atoms with Gasteiger partial charge in [0, 0.05) is 6.42 Å². The highest BCUT2D eigenvalue weighted by Gasteiger charge is 2.15. The Kier molecular flexibility index (Phi) is 3.72. The molecule has 0 radical (unpaired) electrons. The Labute approximate surface area is 117 Å². The smallest absolute Gasteiger partial charge is 0.335 e. The van der Waals surface area contributed by atoms with Gasteiger partial charge in [0.05, 0.1) is 5.56 Å². The maximum atomic E-state index is 10.9. The molecule has 0 saturated heterocycles. The molecule has 0 spiro atoms. The van der Waals surface area contributed by atoms with Crippen LogP contribution < -0.4 is 0 Å². The van der Waals surface area contributed by atoms with Gasteiger partial charge in [0.1, 0.15) is 5.52 Å². The largest absolute Gasteiger partial charge is 0.478 e. The molecular weight excluding hydrogens is 254 g/mol. The van der Waals surface area contributed by atoms with Gasteiger partial charge in [0.15, 0.2) is 11.5 Å². The zero-order valence-electron chi connectivity index (χ0n) is 11.5. The Morgan fingerprint density at radius 1 is 1.30 bits per heavy atom. The van der Waals surface area contributed by atoms with Crippen molar-refractivity contribution in [1.82, 2.24) is 4.98 Å². The van der Waals surface area contributed by atoms with E-state index in [0.717, 1.165) is 30.2 Å². The van der Waals surface area contributed by atoms with E-state index in [9.17, 15) is 4.79 Å². The fourth-order valence-corrected chi connectivity index (χ4v) is 3.02. The lowest BCUT2D eigenvalue weighted by Gasteiger charge is -2.20. The van der Waals surface area contributed by atoms with Crippen molar-refractivity contribution in [3.8, 4) is 0 Å². The van der Waals surface area contributed by atoms with Gasteiger partial charge in [-0.15, -0.1) is 0 Å². The molecule has 1 fully saturated rings. The van der Waals surface area contributed by atoms with E-state index in [1.807, 2.05) is 0 Å². The van der Waals surface area contributed by atoms with Crippen molar-refractivity contribution in [2.75, 3.05) is 0 Å². The first-order chi connectivity index (χ1) is 9.72. The Hall–Kier alpha value is -1.84. The minimum Gasteiger partial charge on any atom is -0.478 e. The molecule has 2 aromatic rings. The van der Waals surface area contributed by atoms with Crippen LogP contribution >= 0.6 is 0 Å². The van der Waals surface area contributed by atoms with Crippen LogP contribution in [0.25, 0.3) is 11.1 Å². The van der Waals surface area contributed by atoms with E-state index in [2.05, 4.69) is 4.98 Å². The second-order valence-electron chi connectivity index (χ2n) is 5.64. The molecule has 1 saturated carbocycles. The fourth-order valence-electron chi connectivity index (χ4n) is 3.02. The fraction of sp³-hybridized carbons (Fsp3) is 0.500. The number of carboxylic acid groups (broad SMARTS) is 1. The quantitative estimate of drug-likeness (QED) is 0.913. The average Bonchev–Trinajstić information content (AvgIpc) is 2.88. The Morgan fingerprint density at radius 3 is 2.85 bits per heavy atom. The molecule has 4 heteroatoms. The lowest BCUT2D eigenvalue weighted by atomic mass is 9.86. The van der Waals surface area contributed by atoms with Crippen LogP contribution in [-0.2, 0) is 6.42 Å². The first kappa shape index (κ1) is 13.2. The summed E-state index contributed by atoms with van der Waals surface area (Å²) in [6.45, 7) is 0. The monoisotopic (exact) mass is 273 g/mol. The first-order valence-corrected chi connectivity index (χ1v) is 7.35. The molecule has 1 N–H and O–H groups in total. The number of aromatic nitrogens is 1. The number of hydrogen-bond donors (Lipinski definition) is 1. The Balaban J connectivity index is 1.70. The molecular formula is C16H19NO3. The minimum absolute atomic E-state index is 0.243. The van der Waals surface area contributed by atoms with E-state index in [1.54, 1.807) is 18.2 Å². The Morgan fingerprint density at radius 2 is 2.10 bits per heavy atom. The van der Waals surface area contributed by atoms with Crippen molar-refractivity contribution in [2.24, 2.45) is 5.92 Å². The molecule has 0 atom stereocenters. The average molecular weight is 273 g/mol. The number of carboxylic acids is 1. The molecule has 4 nitrogen and oxygen atoms in total. The summed E-state index contributed by atoms with van der Waals surface area (Å²) in [5.74, 6) is 0.591. The lowest BCUT2D eigenvalue weighted by molar-refractivity contribution is 0.0697. The van der Waals surface area contributed by atoms with Crippen LogP contribution in [0.15, 0.2) is 22.6 Å². The number of aromatic carboxylic acids is 1. The number of benzene rings is 1. The van der Waals surface area contributed by atoms with Gasteiger partial charge in [0.25, 0.3) is 0 Å². The molecule has 0 unspecified atom stereocenters. The molecule has 20 heavy (non-hydrogen) atoms. The van der Waals surface area contributed by atoms with Crippen molar-refractivity contribution < 1.29 is 14.3 Å². The van der Waals surface area contributed by atoms with Crippen LogP contribution in [0.2, 0.25) is 0 Å². The summed E-state index contributed by atoms with van der Waals surface area (Å²) in [5, 5.41) is 8.96. The number of fused-ring (bicyclic) bond motifs is 1. The molecule has 1 aliphatic rings. The van der Waals surface area contributed by atoms with Crippen molar-refractivity contribution >= 4 is 17.1 Å². The maximum absolute atomic E-state index is 10.9. The standard InChI is InChI=1S/C16H19NO3/c18-16(19)12-7-8-13-14(10-12)20-15(17-13)9-6-11-4-2-1-3-5-11/h7-8,10-11H,1-6,9H2,(H,18,19). The minimum atomic E-state index is -0.938. The summed E-state index contributed by atoms with van der Waals surface area (Å²) >= 11 is 0. The van der Waals surface area contributed by atoms with Crippen LogP contribution in [-0.4, -0.2) is 16.1 Å². The summed E-state index contributed by atoms with van der Waals surface area (Å²) < 4.78 is 5.68. The van der Waals surface area contributed by atoms with E-state index in [0.29, 0.717) is 5.58 Å². The molecule has 1 aromatic carbocycles. The van der Waals surface area contributed by atoms with E-state index >= 15 is 0 Å². The van der Waals surface area contributed by atoms with Crippen molar-refractivity contribution in [3.63, 3.8) is 0 Å². The zero-order chi connectivity index (χ0) is 13.9. The molecule has 1 aliphatic carbocycles. The molecule has 0 aliphatic heterocycles.